The zero-order valence-corrected chi connectivity index (χ0v) is 35.6. The van der Waals surface area contributed by atoms with Crippen LogP contribution in [0.3, 0.4) is 0 Å². The first-order valence-electron chi connectivity index (χ1n) is 22.4. The van der Waals surface area contributed by atoms with Gasteiger partial charge in [-0.2, -0.15) is 0 Å². The summed E-state index contributed by atoms with van der Waals surface area (Å²) in [5, 5.41) is 35.4. The normalized spacial score (nSPS) is 52.5. The van der Waals surface area contributed by atoms with Crippen molar-refractivity contribution in [3.8, 4) is 0 Å². The van der Waals surface area contributed by atoms with E-state index in [2.05, 4.69) is 13.8 Å². The second-order valence-electron chi connectivity index (χ2n) is 19.8. The highest BCUT2D eigenvalue weighted by atomic mass is 16.8. The Morgan fingerprint density at radius 2 is 1.42 bits per heavy atom. The van der Waals surface area contributed by atoms with Crippen LogP contribution in [0, 0.1) is 34.5 Å². The lowest BCUT2D eigenvalue weighted by atomic mass is 9.42. The fraction of sp³-hybridized carbons (Fsp3) is 0.886. The van der Waals surface area contributed by atoms with Gasteiger partial charge in [0.2, 0.25) is 0 Å². The summed E-state index contributed by atoms with van der Waals surface area (Å²) >= 11 is 0. The molecular weight excluding hydrogens is 784 g/mol. The van der Waals surface area contributed by atoms with Gasteiger partial charge >= 0.3 is 18.1 Å². The monoisotopic (exact) mass is 848 g/mol. The lowest BCUT2D eigenvalue weighted by Crippen LogP contribution is -2.67. The molecule has 16 nitrogen and oxygen atoms in total. The van der Waals surface area contributed by atoms with Crippen LogP contribution in [0.25, 0.3) is 0 Å². The standard InChI is InChI=1S/C44H64O16/c1-20-38(58-36-17-31(47)39(21(2)53-36)59-37-18-32-40(22(3)54-37)60-41(49)57-32)30(46)16-35(52-20)56-26-9-11-42(5)25(14-26)7-8-28-29(42)15-33(55-23(4)45)43(6)27(10-12-44(28,43)50)24-13-34(48)51-19-24/h13,20-22,25-33,35-40,46-47,50H,7-12,14-19H2,1-6H3/t20-,21-,22-,25-,26+,27-,28-,29+,30+,31+,32+,33-,35+,36+,37+,38-,39-,40-,42+,43+,44+/m1/s1. The molecule has 0 aromatic heterocycles. The average Bonchev–Trinajstić information content (AvgIpc) is 3.86. The van der Waals surface area contributed by atoms with Crippen molar-refractivity contribution in [3.05, 3.63) is 11.6 Å². The predicted octanol–water partition coefficient (Wildman–Crippen LogP) is 3.97. The van der Waals surface area contributed by atoms with Crippen LogP contribution in [0.5, 0.6) is 0 Å². The van der Waals surface area contributed by atoms with E-state index in [0.717, 1.165) is 37.7 Å². The van der Waals surface area contributed by atoms with Crippen LogP contribution in [0.2, 0.25) is 0 Å². The number of rotatable bonds is 8. The number of hydrogen-bond donors (Lipinski definition) is 3. The van der Waals surface area contributed by atoms with Gasteiger partial charge in [0.25, 0.3) is 0 Å². The molecule has 0 radical (unpaired) electrons. The number of carbonyl (C=O) groups excluding carboxylic acids is 3. The number of hydrogen-bond acceptors (Lipinski definition) is 16. The second kappa shape index (κ2) is 16.0. The van der Waals surface area contributed by atoms with Crippen molar-refractivity contribution in [2.24, 2.45) is 34.5 Å². The summed E-state index contributed by atoms with van der Waals surface area (Å²) in [6.45, 7) is 11.5. The van der Waals surface area contributed by atoms with Crippen molar-refractivity contribution in [1.82, 2.24) is 0 Å². The van der Waals surface area contributed by atoms with Crippen LogP contribution in [-0.4, -0.2) is 132 Å². The van der Waals surface area contributed by atoms with Gasteiger partial charge in [-0.05, 0) is 107 Å². The second-order valence-corrected chi connectivity index (χ2v) is 19.8. The van der Waals surface area contributed by atoms with E-state index in [1.165, 1.54) is 6.92 Å². The Balaban J connectivity index is 0.788. The predicted molar refractivity (Wildman–Crippen MR) is 205 cm³/mol. The number of carbonyl (C=O) groups is 3. The van der Waals surface area contributed by atoms with E-state index in [-0.39, 0.29) is 67.1 Å². The van der Waals surface area contributed by atoms with Crippen molar-refractivity contribution >= 4 is 18.1 Å². The van der Waals surface area contributed by atoms with Crippen LogP contribution in [0.4, 0.5) is 4.79 Å². The van der Waals surface area contributed by atoms with E-state index in [0.29, 0.717) is 25.2 Å². The Morgan fingerprint density at radius 3 is 2.05 bits per heavy atom. The molecule has 4 aliphatic carbocycles. The minimum absolute atomic E-state index is 0.0371. The van der Waals surface area contributed by atoms with Gasteiger partial charge in [-0.15, -0.1) is 0 Å². The van der Waals surface area contributed by atoms with Gasteiger partial charge < -0.3 is 62.7 Å². The zero-order chi connectivity index (χ0) is 42.5. The molecule has 5 heterocycles. The van der Waals surface area contributed by atoms with Crippen molar-refractivity contribution in [3.63, 3.8) is 0 Å². The molecule has 0 amide bonds. The summed E-state index contributed by atoms with van der Waals surface area (Å²) in [6.07, 6.45) is -0.822. The SMILES string of the molecule is CC(=O)O[C@@H]1C[C@H]2[C@@H](CC[C@@H]3C[C@@H](O[C@H]4C[C@H](O)[C@H](O[C@H]5C[C@H](O)[C@H](O[C@H]6C[C@@H]7OC(=O)O[C@@H]7[C@@H](C)O6)[C@@H](C)O5)[C@@H](C)O4)CC[C@@]32C)[C@@]2(O)CC[C@H](C3=CC(=O)OC3)[C@@]12C. The number of esters is 2. The molecule has 0 aromatic carbocycles. The van der Waals surface area contributed by atoms with Crippen molar-refractivity contribution < 1.29 is 77.1 Å². The zero-order valence-electron chi connectivity index (χ0n) is 35.6. The van der Waals surface area contributed by atoms with Gasteiger partial charge in [0.1, 0.15) is 31.0 Å². The largest absolute Gasteiger partial charge is 0.509 e. The maximum absolute atomic E-state index is 12.9. The molecule has 4 saturated carbocycles. The molecule has 336 valence electrons. The highest BCUT2D eigenvalue weighted by molar-refractivity contribution is 5.85. The van der Waals surface area contributed by atoms with Gasteiger partial charge in [0.05, 0.1) is 42.2 Å². The van der Waals surface area contributed by atoms with E-state index in [1.807, 2.05) is 6.92 Å². The van der Waals surface area contributed by atoms with E-state index in [4.69, 9.17) is 47.4 Å². The molecule has 5 aliphatic heterocycles. The Hall–Kier alpha value is -2.41. The van der Waals surface area contributed by atoms with E-state index < -0.39 is 97.1 Å². The minimum Gasteiger partial charge on any atom is -0.462 e. The summed E-state index contributed by atoms with van der Waals surface area (Å²) in [5.41, 5.74) is -1.00. The van der Waals surface area contributed by atoms with Crippen molar-refractivity contribution in [2.75, 3.05) is 6.61 Å². The van der Waals surface area contributed by atoms with Gasteiger partial charge in [0, 0.05) is 37.7 Å². The number of aliphatic hydroxyl groups excluding tert-OH is 2. The summed E-state index contributed by atoms with van der Waals surface area (Å²) in [4.78, 5) is 36.4. The Labute approximate surface area is 351 Å². The molecule has 9 aliphatic rings. The molecule has 9 rings (SSSR count). The summed E-state index contributed by atoms with van der Waals surface area (Å²) in [6, 6.07) is 0. The lowest BCUT2D eigenvalue weighted by Gasteiger charge is -2.65. The molecule has 4 saturated heterocycles. The topological polar surface area (TPSA) is 204 Å². The van der Waals surface area contributed by atoms with Gasteiger partial charge in [0.15, 0.2) is 25.0 Å². The van der Waals surface area contributed by atoms with Crippen molar-refractivity contribution in [1.29, 1.82) is 0 Å². The van der Waals surface area contributed by atoms with E-state index in [9.17, 15) is 29.7 Å². The Morgan fingerprint density at radius 1 is 0.767 bits per heavy atom. The fourth-order valence-corrected chi connectivity index (χ4v) is 13.6. The Bertz CT molecular complexity index is 1670. The number of cyclic esters (lactones) is 1. The maximum Gasteiger partial charge on any atom is 0.509 e. The highest BCUT2D eigenvalue weighted by Gasteiger charge is 2.72. The molecule has 21 atom stereocenters. The van der Waals surface area contributed by atoms with E-state index >= 15 is 0 Å². The molecule has 0 spiro atoms. The summed E-state index contributed by atoms with van der Waals surface area (Å²) in [7, 11) is 0. The highest BCUT2D eigenvalue weighted by Crippen LogP contribution is 2.70. The summed E-state index contributed by atoms with van der Waals surface area (Å²) in [5.74, 6) is -0.320. The lowest BCUT2D eigenvalue weighted by molar-refractivity contribution is -0.334. The molecule has 0 aromatic rings. The van der Waals surface area contributed by atoms with Crippen molar-refractivity contribution in [2.45, 2.75) is 204 Å². The summed E-state index contributed by atoms with van der Waals surface area (Å²) < 4.78 is 59.3. The number of aliphatic hydroxyl groups is 3. The maximum atomic E-state index is 12.9. The quantitative estimate of drug-likeness (QED) is 0.180. The third kappa shape index (κ3) is 7.31. The molecule has 8 fully saturated rings. The van der Waals surface area contributed by atoms with Crippen LogP contribution in [0.15, 0.2) is 11.6 Å². The van der Waals surface area contributed by atoms with Gasteiger partial charge in [-0.25, -0.2) is 9.59 Å². The smallest absolute Gasteiger partial charge is 0.462 e. The number of ether oxygens (including phenoxy) is 10. The molecule has 60 heavy (non-hydrogen) atoms. The third-order valence-electron chi connectivity index (χ3n) is 16.7. The molecule has 16 heteroatoms. The molecule has 0 bridgehead atoms. The van der Waals surface area contributed by atoms with Crippen LogP contribution < -0.4 is 0 Å². The van der Waals surface area contributed by atoms with E-state index in [1.54, 1.807) is 19.9 Å². The van der Waals surface area contributed by atoms with Gasteiger partial charge in [-0.1, -0.05) is 13.8 Å². The number of fused-ring (bicyclic) bond motifs is 6. The molecular formula is C44H64O16. The molecule has 3 N–H and O–H groups in total. The van der Waals surface area contributed by atoms with Crippen LogP contribution >= 0.6 is 0 Å². The van der Waals surface area contributed by atoms with Gasteiger partial charge in [-0.3, -0.25) is 4.79 Å². The average molecular weight is 849 g/mol. The first-order valence-corrected chi connectivity index (χ1v) is 22.4. The Kier molecular flexibility index (Phi) is 11.4. The van der Waals surface area contributed by atoms with Crippen LogP contribution in [-0.2, 0) is 57.0 Å². The third-order valence-corrected chi connectivity index (χ3v) is 16.7. The first-order chi connectivity index (χ1) is 28.5. The van der Waals surface area contributed by atoms with Crippen LogP contribution in [0.1, 0.15) is 112 Å². The fourth-order valence-electron chi connectivity index (χ4n) is 13.6. The first kappa shape index (κ1) is 42.9. The molecule has 0 unspecified atom stereocenters. The minimum atomic E-state index is -1.05.